The highest BCUT2D eigenvalue weighted by Gasteiger charge is 2.41. The van der Waals surface area contributed by atoms with Crippen LogP contribution in [0.4, 0.5) is 0 Å². The zero-order valence-corrected chi connectivity index (χ0v) is 14.4. The van der Waals surface area contributed by atoms with Crippen LogP contribution < -0.4 is 5.43 Å². The lowest BCUT2D eigenvalue weighted by molar-refractivity contribution is -0.135. The van der Waals surface area contributed by atoms with Crippen molar-refractivity contribution in [3.63, 3.8) is 0 Å². The fraction of sp³-hybridized carbons (Fsp3) is 0.211. The molecule has 1 heterocycles. The van der Waals surface area contributed by atoms with Gasteiger partial charge in [0.2, 0.25) is 0 Å². The largest absolute Gasteiger partial charge is 0.461 e. The Morgan fingerprint density at radius 2 is 1.80 bits per heavy atom. The van der Waals surface area contributed by atoms with Crippen molar-refractivity contribution in [3.8, 4) is 0 Å². The summed E-state index contributed by atoms with van der Waals surface area (Å²) in [5.41, 5.74) is 4.33. The van der Waals surface area contributed by atoms with E-state index in [2.05, 4.69) is 10.5 Å². The van der Waals surface area contributed by atoms with Crippen LogP contribution in [-0.2, 0) is 9.53 Å². The summed E-state index contributed by atoms with van der Waals surface area (Å²) >= 11 is 5.96. The van der Waals surface area contributed by atoms with Gasteiger partial charge in [0.15, 0.2) is 11.5 Å². The SMILES string of the molecule is CCOC(=O)C1=NNC(C(=O)c2ccccc2)[C@H]1c1ccc(Cl)cc1. The van der Waals surface area contributed by atoms with Crippen LogP contribution >= 0.6 is 11.6 Å². The molecule has 1 aliphatic heterocycles. The number of ether oxygens (including phenoxy) is 1. The summed E-state index contributed by atoms with van der Waals surface area (Å²) in [5, 5.41) is 4.68. The minimum atomic E-state index is -0.678. The molecule has 0 radical (unpaired) electrons. The van der Waals surface area contributed by atoms with Gasteiger partial charge in [0.1, 0.15) is 6.04 Å². The number of rotatable bonds is 5. The van der Waals surface area contributed by atoms with Gasteiger partial charge in [-0.05, 0) is 24.6 Å². The van der Waals surface area contributed by atoms with Gasteiger partial charge in [-0.15, -0.1) is 0 Å². The van der Waals surface area contributed by atoms with E-state index in [0.717, 1.165) is 5.56 Å². The van der Waals surface area contributed by atoms with Gasteiger partial charge >= 0.3 is 5.97 Å². The Morgan fingerprint density at radius 1 is 1.12 bits per heavy atom. The molecule has 128 valence electrons. The van der Waals surface area contributed by atoms with E-state index in [0.29, 0.717) is 10.6 Å². The maximum atomic E-state index is 12.9. The molecule has 5 nitrogen and oxygen atoms in total. The maximum absolute atomic E-state index is 12.9. The molecule has 0 amide bonds. The van der Waals surface area contributed by atoms with Gasteiger partial charge in [-0.25, -0.2) is 4.79 Å². The molecule has 25 heavy (non-hydrogen) atoms. The Kier molecular flexibility index (Phi) is 5.14. The third-order valence-electron chi connectivity index (χ3n) is 4.01. The van der Waals surface area contributed by atoms with Gasteiger partial charge in [-0.3, -0.25) is 10.2 Å². The van der Waals surface area contributed by atoms with Crippen molar-refractivity contribution in [1.29, 1.82) is 0 Å². The summed E-state index contributed by atoms with van der Waals surface area (Å²) in [6.45, 7) is 1.97. The lowest BCUT2D eigenvalue weighted by atomic mass is 9.84. The molecule has 0 saturated carbocycles. The van der Waals surface area contributed by atoms with Crippen LogP contribution in [0.5, 0.6) is 0 Å². The fourth-order valence-electron chi connectivity index (χ4n) is 2.83. The van der Waals surface area contributed by atoms with Crippen molar-refractivity contribution in [2.45, 2.75) is 18.9 Å². The predicted molar refractivity (Wildman–Crippen MR) is 96.0 cm³/mol. The van der Waals surface area contributed by atoms with Gasteiger partial charge in [-0.1, -0.05) is 54.1 Å². The molecule has 2 aromatic rings. The second-order valence-electron chi connectivity index (χ2n) is 5.58. The third kappa shape index (κ3) is 3.56. The zero-order valence-electron chi connectivity index (χ0n) is 13.6. The second kappa shape index (κ2) is 7.49. The Hall–Kier alpha value is -2.66. The molecule has 0 aromatic heterocycles. The van der Waals surface area contributed by atoms with Crippen molar-refractivity contribution in [2.24, 2.45) is 5.10 Å². The first-order valence-corrected chi connectivity index (χ1v) is 8.34. The normalized spacial score (nSPS) is 19.0. The monoisotopic (exact) mass is 356 g/mol. The Balaban J connectivity index is 1.97. The standard InChI is InChI=1S/C19H17ClN2O3/c1-2-25-19(24)17-15(12-8-10-14(20)11-9-12)16(21-22-17)18(23)13-6-4-3-5-7-13/h3-11,15-16,21H,2H2,1H3/t15-,16?/m1/s1. The Labute approximate surface area is 150 Å². The van der Waals surface area contributed by atoms with Crippen LogP contribution in [0.25, 0.3) is 0 Å². The third-order valence-corrected chi connectivity index (χ3v) is 4.26. The molecule has 1 unspecified atom stereocenters. The quantitative estimate of drug-likeness (QED) is 0.660. The van der Waals surface area contributed by atoms with Crippen molar-refractivity contribution < 1.29 is 14.3 Å². The number of esters is 1. The highest BCUT2D eigenvalue weighted by atomic mass is 35.5. The molecular formula is C19H17ClN2O3. The number of halogens is 1. The van der Waals surface area contributed by atoms with Crippen molar-refractivity contribution in [1.82, 2.24) is 5.43 Å². The molecule has 0 fully saturated rings. The summed E-state index contributed by atoms with van der Waals surface area (Å²) in [6.07, 6.45) is 0. The first-order valence-electron chi connectivity index (χ1n) is 7.96. The van der Waals surface area contributed by atoms with Gasteiger partial charge in [-0.2, -0.15) is 5.10 Å². The maximum Gasteiger partial charge on any atom is 0.355 e. The van der Waals surface area contributed by atoms with E-state index in [4.69, 9.17) is 16.3 Å². The number of carbonyl (C=O) groups is 2. The highest BCUT2D eigenvalue weighted by Crippen LogP contribution is 2.29. The number of hydrazone groups is 1. The molecule has 0 spiro atoms. The summed E-state index contributed by atoms with van der Waals surface area (Å²) in [4.78, 5) is 25.2. The Bertz CT molecular complexity index is 803. The average molecular weight is 357 g/mol. The number of nitrogens with one attached hydrogen (secondary N) is 1. The highest BCUT2D eigenvalue weighted by molar-refractivity contribution is 6.40. The van der Waals surface area contributed by atoms with Crippen molar-refractivity contribution >= 4 is 29.1 Å². The van der Waals surface area contributed by atoms with Gasteiger partial charge in [0, 0.05) is 10.6 Å². The van der Waals surface area contributed by atoms with E-state index >= 15 is 0 Å². The fourth-order valence-corrected chi connectivity index (χ4v) is 2.96. The van der Waals surface area contributed by atoms with Gasteiger partial charge < -0.3 is 4.74 Å². The number of Topliss-reactive ketones (excluding diaryl/α,β-unsaturated/α-hetero) is 1. The van der Waals surface area contributed by atoms with Crippen molar-refractivity contribution in [2.75, 3.05) is 6.61 Å². The van der Waals surface area contributed by atoms with E-state index in [1.807, 2.05) is 6.07 Å². The van der Waals surface area contributed by atoms with Crippen LogP contribution in [0.2, 0.25) is 5.02 Å². The van der Waals surface area contributed by atoms with Crippen LogP contribution in [0.3, 0.4) is 0 Å². The second-order valence-corrected chi connectivity index (χ2v) is 6.02. The molecule has 2 aromatic carbocycles. The number of nitrogens with zero attached hydrogens (tertiary/aromatic N) is 1. The number of carbonyl (C=O) groups excluding carboxylic acids is 2. The average Bonchev–Trinajstić information content (AvgIpc) is 3.08. The molecule has 0 aliphatic carbocycles. The van der Waals surface area contributed by atoms with E-state index in [-0.39, 0.29) is 18.1 Å². The lowest BCUT2D eigenvalue weighted by Gasteiger charge is -2.20. The minimum Gasteiger partial charge on any atom is -0.461 e. The van der Waals surface area contributed by atoms with E-state index < -0.39 is 17.9 Å². The first-order chi connectivity index (χ1) is 12.1. The summed E-state index contributed by atoms with van der Waals surface area (Å²) in [5.74, 6) is -1.20. The smallest absolute Gasteiger partial charge is 0.355 e. The number of benzene rings is 2. The van der Waals surface area contributed by atoms with Crippen LogP contribution in [0.15, 0.2) is 59.7 Å². The van der Waals surface area contributed by atoms with Gasteiger partial charge in [0.25, 0.3) is 0 Å². The van der Waals surface area contributed by atoms with Crippen LogP contribution in [0, 0.1) is 0 Å². The van der Waals surface area contributed by atoms with Crippen molar-refractivity contribution in [3.05, 3.63) is 70.7 Å². The number of ketones is 1. The summed E-state index contributed by atoms with van der Waals surface area (Å²) in [6, 6.07) is 15.3. The molecule has 0 saturated heterocycles. The summed E-state index contributed by atoms with van der Waals surface area (Å²) < 4.78 is 5.09. The molecule has 1 N–H and O–H groups in total. The van der Waals surface area contributed by atoms with E-state index in [9.17, 15) is 9.59 Å². The van der Waals surface area contributed by atoms with Crippen LogP contribution in [-0.4, -0.2) is 30.1 Å². The van der Waals surface area contributed by atoms with E-state index in [1.165, 1.54) is 0 Å². The molecule has 1 aliphatic rings. The number of hydrogen-bond acceptors (Lipinski definition) is 5. The first kappa shape index (κ1) is 17.2. The number of hydrogen-bond donors (Lipinski definition) is 1. The molecule has 6 heteroatoms. The molecule has 3 rings (SSSR count). The molecule has 0 bridgehead atoms. The van der Waals surface area contributed by atoms with Crippen LogP contribution in [0.1, 0.15) is 28.8 Å². The van der Waals surface area contributed by atoms with E-state index in [1.54, 1.807) is 55.5 Å². The predicted octanol–water partition coefficient (Wildman–Crippen LogP) is 3.20. The molecular weight excluding hydrogens is 340 g/mol. The Morgan fingerprint density at radius 3 is 2.44 bits per heavy atom. The van der Waals surface area contributed by atoms with Gasteiger partial charge in [0.05, 0.1) is 12.5 Å². The minimum absolute atomic E-state index is 0.136. The lowest BCUT2D eigenvalue weighted by Crippen LogP contribution is -2.37. The summed E-state index contributed by atoms with van der Waals surface area (Å²) in [7, 11) is 0. The topological polar surface area (TPSA) is 67.8 Å². The zero-order chi connectivity index (χ0) is 17.8. The molecule has 2 atom stereocenters.